The number of aliphatic hydroxyl groups is 1. The number of ether oxygens (including phenoxy) is 1. The molecule has 0 saturated carbocycles. The van der Waals surface area contributed by atoms with Gasteiger partial charge in [0.1, 0.15) is 23.5 Å². The van der Waals surface area contributed by atoms with Crippen LogP contribution in [0.2, 0.25) is 0 Å². The Hall–Kier alpha value is -2.57. The van der Waals surface area contributed by atoms with Gasteiger partial charge in [-0.05, 0) is 31.2 Å². The Morgan fingerprint density at radius 1 is 1.03 bits per heavy atom. The molecule has 0 amide bonds. The molecule has 1 aliphatic rings. The molecule has 1 fully saturated rings. The Morgan fingerprint density at radius 3 is 2.49 bits per heavy atom. The van der Waals surface area contributed by atoms with Crippen molar-refractivity contribution in [1.82, 2.24) is 19.8 Å². The van der Waals surface area contributed by atoms with E-state index in [1.807, 2.05) is 30.5 Å². The van der Waals surface area contributed by atoms with Crippen molar-refractivity contribution in [3.05, 3.63) is 64.1 Å². The first-order valence-corrected chi connectivity index (χ1v) is 13.7. The topological polar surface area (TPSA) is 61.7 Å². The van der Waals surface area contributed by atoms with E-state index in [-0.39, 0.29) is 6.61 Å². The van der Waals surface area contributed by atoms with Crippen LogP contribution in [0.3, 0.4) is 0 Å². The molecule has 2 aromatic heterocycles. The molecule has 3 heterocycles. The standard InChI is InChI=1S/C26H27F3N4O2S2/c1-17-30-23-12-22(6-7-24(23)37-17)35-15-21(34)14-33-10-8-32(9-11-33)13-20-16-36-25(31-20)18-2-4-19(5-3-18)26(27,28)29/h2-7,12,16,21,34H,8-11,13-15H2,1H3/t21-/m0/s1. The zero-order valence-corrected chi connectivity index (χ0v) is 21.9. The van der Waals surface area contributed by atoms with Crippen molar-refractivity contribution in [1.29, 1.82) is 0 Å². The molecule has 11 heteroatoms. The predicted molar refractivity (Wildman–Crippen MR) is 140 cm³/mol. The Morgan fingerprint density at radius 2 is 1.76 bits per heavy atom. The fourth-order valence-corrected chi connectivity index (χ4v) is 5.95. The largest absolute Gasteiger partial charge is 0.491 e. The van der Waals surface area contributed by atoms with E-state index in [1.165, 1.54) is 23.5 Å². The molecule has 1 N–H and O–H groups in total. The Labute approximate surface area is 221 Å². The van der Waals surface area contributed by atoms with Crippen molar-refractivity contribution in [2.75, 3.05) is 39.3 Å². The number of rotatable bonds is 8. The van der Waals surface area contributed by atoms with Crippen LogP contribution in [0.4, 0.5) is 13.2 Å². The first kappa shape index (κ1) is 26.1. The third-order valence-corrected chi connectivity index (χ3v) is 8.13. The van der Waals surface area contributed by atoms with Crippen LogP contribution in [0.1, 0.15) is 16.3 Å². The number of β-amino-alcohol motifs (C(OH)–C–C–N with tert-alkyl or cyclic N) is 1. The van der Waals surface area contributed by atoms with Gasteiger partial charge >= 0.3 is 6.18 Å². The molecule has 0 bridgehead atoms. The molecule has 2 aromatic carbocycles. The molecule has 1 aliphatic heterocycles. The van der Waals surface area contributed by atoms with Crippen molar-refractivity contribution in [3.8, 4) is 16.3 Å². The van der Waals surface area contributed by atoms with Gasteiger partial charge in [0.15, 0.2) is 0 Å². The molecule has 196 valence electrons. The van der Waals surface area contributed by atoms with Crippen LogP contribution in [0.15, 0.2) is 47.8 Å². The molecule has 0 spiro atoms. The van der Waals surface area contributed by atoms with Gasteiger partial charge in [0.05, 0.1) is 26.5 Å². The third-order valence-electron chi connectivity index (χ3n) is 6.24. The zero-order chi connectivity index (χ0) is 26.0. The van der Waals surface area contributed by atoms with Crippen molar-refractivity contribution < 1.29 is 23.0 Å². The van der Waals surface area contributed by atoms with Crippen LogP contribution in [0.25, 0.3) is 20.8 Å². The van der Waals surface area contributed by atoms with E-state index >= 15 is 0 Å². The minimum Gasteiger partial charge on any atom is -0.491 e. The van der Waals surface area contributed by atoms with Crippen molar-refractivity contribution in [2.45, 2.75) is 25.7 Å². The second kappa shape index (κ2) is 11.0. The number of alkyl halides is 3. The van der Waals surface area contributed by atoms with E-state index in [4.69, 9.17) is 4.74 Å². The predicted octanol–water partition coefficient (Wildman–Crippen LogP) is 5.30. The third kappa shape index (κ3) is 6.66. The van der Waals surface area contributed by atoms with Gasteiger partial charge in [-0.1, -0.05) is 12.1 Å². The summed E-state index contributed by atoms with van der Waals surface area (Å²) in [5.74, 6) is 0.709. The first-order valence-electron chi connectivity index (χ1n) is 12.0. The van der Waals surface area contributed by atoms with Gasteiger partial charge in [0.25, 0.3) is 0 Å². The fourth-order valence-electron chi connectivity index (χ4n) is 4.33. The van der Waals surface area contributed by atoms with Crippen LogP contribution in [-0.2, 0) is 12.7 Å². The van der Waals surface area contributed by atoms with Gasteiger partial charge in [-0.25, -0.2) is 9.97 Å². The molecule has 0 radical (unpaired) electrons. The van der Waals surface area contributed by atoms with E-state index in [0.29, 0.717) is 24.4 Å². The minimum atomic E-state index is -4.34. The summed E-state index contributed by atoms with van der Waals surface area (Å²) in [6.45, 7) is 6.79. The number of piperazine rings is 1. The average Bonchev–Trinajstić information content (AvgIpc) is 3.49. The highest BCUT2D eigenvalue weighted by atomic mass is 32.1. The monoisotopic (exact) mass is 548 g/mol. The summed E-state index contributed by atoms with van der Waals surface area (Å²) in [7, 11) is 0. The number of hydrogen-bond donors (Lipinski definition) is 1. The van der Waals surface area contributed by atoms with Crippen LogP contribution in [-0.4, -0.2) is 70.3 Å². The van der Waals surface area contributed by atoms with Crippen LogP contribution in [0, 0.1) is 6.92 Å². The number of fused-ring (bicyclic) bond motifs is 1. The highest BCUT2D eigenvalue weighted by molar-refractivity contribution is 7.18. The van der Waals surface area contributed by atoms with E-state index < -0.39 is 17.8 Å². The summed E-state index contributed by atoms with van der Waals surface area (Å²) in [5, 5.41) is 14.2. The summed E-state index contributed by atoms with van der Waals surface area (Å²) in [5.41, 5.74) is 1.85. The highest BCUT2D eigenvalue weighted by Crippen LogP contribution is 2.32. The molecule has 4 aromatic rings. The summed E-state index contributed by atoms with van der Waals surface area (Å²) in [4.78, 5) is 13.6. The number of aromatic nitrogens is 2. The smallest absolute Gasteiger partial charge is 0.416 e. The molecular weight excluding hydrogens is 521 g/mol. The van der Waals surface area contributed by atoms with Crippen LogP contribution >= 0.6 is 22.7 Å². The molecule has 1 atom stereocenters. The number of aliphatic hydroxyl groups excluding tert-OH is 1. The van der Waals surface area contributed by atoms with E-state index in [0.717, 1.165) is 64.2 Å². The molecular formula is C26H27F3N4O2S2. The maximum atomic E-state index is 12.8. The first-order chi connectivity index (χ1) is 17.7. The van der Waals surface area contributed by atoms with Gasteiger partial charge in [-0.15, -0.1) is 22.7 Å². The lowest BCUT2D eigenvalue weighted by Gasteiger charge is -2.35. The van der Waals surface area contributed by atoms with Gasteiger partial charge < -0.3 is 9.84 Å². The lowest BCUT2D eigenvalue weighted by molar-refractivity contribution is -0.137. The molecule has 5 rings (SSSR count). The Bertz CT molecular complexity index is 1330. The Balaban J connectivity index is 1.06. The molecule has 1 saturated heterocycles. The number of halogens is 3. The molecule has 37 heavy (non-hydrogen) atoms. The maximum Gasteiger partial charge on any atom is 0.416 e. The van der Waals surface area contributed by atoms with Crippen LogP contribution in [0.5, 0.6) is 5.75 Å². The second-order valence-electron chi connectivity index (χ2n) is 9.12. The van der Waals surface area contributed by atoms with E-state index in [9.17, 15) is 18.3 Å². The number of aryl methyl sites for hydroxylation is 1. The quantitative estimate of drug-likeness (QED) is 0.322. The highest BCUT2D eigenvalue weighted by Gasteiger charge is 2.30. The lowest BCUT2D eigenvalue weighted by Crippen LogP contribution is -2.48. The Kier molecular flexibility index (Phi) is 7.77. The normalized spacial score (nSPS) is 16.4. The summed E-state index contributed by atoms with van der Waals surface area (Å²) in [6, 6.07) is 10.9. The van der Waals surface area contributed by atoms with Crippen molar-refractivity contribution in [3.63, 3.8) is 0 Å². The number of nitrogens with zero attached hydrogens (tertiary/aromatic N) is 4. The van der Waals surface area contributed by atoms with Crippen LogP contribution < -0.4 is 4.74 Å². The lowest BCUT2D eigenvalue weighted by atomic mass is 10.1. The number of thiazole rings is 2. The molecule has 6 nitrogen and oxygen atoms in total. The van der Waals surface area contributed by atoms with Crippen molar-refractivity contribution in [2.24, 2.45) is 0 Å². The summed E-state index contributed by atoms with van der Waals surface area (Å²) in [6.07, 6.45) is -4.93. The maximum absolute atomic E-state index is 12.8. The minimum absolute atomic E-state index is 0.223. The number of hydrogen-bond acceptors (Lipinski definition) is 8. The average molecular weight is 549 g/mol. The molecule has 0 aliphatic carbocycles. The van der Waals surface area contributed by atoms with Gasteiger partial charge in [-0.3, -0.25) is 9.80 Å². The van der Waals surface area contributed by atoms with E-state index in [1.54, 1.807) is 11.3 Å². The van der Waals surface area contributed by atoms with Gasteiger partial charge in [-0.2, -0.15) is 13.2 Å². The SMILES string of the molecule is Cc1nc2cc(OC[C@@H](O)CN3CCN(Cc4csc(-c5ccc(C(F)(F)F)cc5)n4)CC3)ccc2s1. The number of benzene rings is 2. The van der Waals surface area contributed by atoms with Crippen molar-refractivity contribution >= 4 is 32.9 Å². The summed E-state index contributed by atoms with van der Waals surface area (Å²) >= 11 is 3.09. The zero-order valence-electron chi connectivity index (χ0n) is 20.2. The second-order valence-corrected chi connectivity index (χ2v) is 11.2. The van der Waals surface area contributed by atoms with E-state index in [2.05, 4.69) is 19.8 Å². The van der Waals surface area contributed by atoms with Gasteiger partial charge in [0, 0.05) is 56.3 Å². The fraction of sp³-hybridized carbons (Fsp3) is 0.385. The molecule has 0 unspecified atom stereocenters. The van der Waals surface area contributed by atoms with Gasteiger partial charge in [0.2, 0.25) is 0 Å². The summed E-state index contributed by atoms with van der Waals surface area (Å²) < 4.78 is 45.3.